The fraction of sp³-hybridized carbons (Fsp3) is 0.200. The van der Waals surface area contributed by atoms with E-state index in [1.54, 1.807) is 12.4 Å². The van der Waals surface area contributed by atoms with Gasteiger partial charge in [-0.25, -0.2) is 9.97 Å². The topological polar surface area (TPSA) is 56.7 Å². The minimum absolute atomic E-state index is 0.714. The highest BCUT2D eigenvalue weighted by molar-refractivity contribution is 5.47. The molecule has 2 rings (SSSR count). The van der Waals surface area contributed by atoms with Crippen LogP contribution in [0.2, 0.25) is 0 Å². The highest BCUT2D eigenvalue weighted by Crippen LogP contribution is 2.13. The normalized spacial score (nSPS) is 10.4. The molecule has 0 saturated heterocycles. The van der Waals surface area contributed by atoms with Crippen LogP contribution < -0.4 is 5.73 Å². The van der Waals surface area contributed by atoms with Gasteiger partial charge in [-0.2, -0.15) is 0 Å². The van der Waals surface area contributed by atoms with E-state index in [-0.39, 0.29) is 0 Å². The summed E-state index contributed by atoms with van der Waals surface area (Å²) in [7, 11) is 0. The first-order chi connectivity index (χ1) is 6.68. The van der Waals surface area contributed by atoms with E-state index in [9.17, 15) is 0 Å². The number of hydrogen-bond donors (Lipinski definition) is 1. The van der Waals surface area contributed by atoms with Gasteiger partial charge in [0.15, 0.2) is 0 Å². The number of pyridine rings is 1. The molecule has 0 spiro atoms. The Hall–Kier alpha value is -1.84. The van der Waals surface area contributed by atoms with Gasteiger partial charge in [0.1, 0.15) is 11.6 Å². The molecule has 2 heterocycles. The second-order valence-electron chi connectivity index (χ2n) is 3.24. The van der Waals surface area contributed by atoms with Gasteiger partial charge in [0, 0.05) is 12.4 Å². The van der Waals surface area contributed by atoms with Crippen LogP contribution in [0.4, 0.5) is 5.69 Å². The lowest BCUT2D eigenvalue weighted by atomic mass is 10.2. The molecule has 0 amide bonds. The summed E-state index contributed by atoms with van der Waals surface area (Å²) in [6, 6.07) is 1.95. The van der Waals surface area contributed by atoms with Crippen LogP contribution in [0.5, 0.6) is 0 Å². The standard InChI is InChI=1S/C10H12N4/c1-7-5-10(13-6-9(7)11)14-4-3-12-8(14)2/h3-6H,11H2,1-2H3. The minimum atomic E-state index is 0.714. The van der Waals surface area contributed by atoms with Gasteiger partial charge in [-0.15, -0.1) is 0 Å². The first-order valence-corrected chi connectivity index (χ1v) is 4.41. The second-order valence-corrected chi connectivity index (χ2v) is 3.24. The van der Waals surface area contributed by atoms with E-state index in [4.69, 9.17) is 5.73 Å². The lowest BCUT2D eigenvalue weighted by Crippen LogP contribution is -2.01. The Morgan fingerprint density at radius 1 is 1.29 bits per heavy atom. The predicted molar refractivity (Wildman–Crippen MR) is 55.2 cm³/mol. The lowest BCUT2D eigenvalue weighted by molar-refractivity contribution is 0.930. The molecule has 0 fully saturated rings. The molecular formula is C10H12N4. The zero-order chi connectivity index (χ0) is 10.1. The number of nitrogen functional groups attached to an aromatic ring is 1. The Balaban J connectivity index is 2.53. The molecule has 2 aromatic rings. The Morgan fingerprint density at radius 3 is 2.64 bits per heavy atom. The van der Waals surface area contributed by atoms with Crippen molar-refractivity contribution in [3.05, 3.63) is 36.0 Å². The van der Waals surface area contributed by atoms with Gasteiger partial charge in [0.05, 0.1) is 11.9 Å². The lowest BCUT2D eigenvalue weighted by Gasteiger charge is -2.06. The van der Waals surface area contributed by atoms with E-state index in [1.165, 1.54) is 0 Å². The van der Waals surface area contributed by atoms with Crippen molar-refractivity contribution in [2.24, 2.45) is 0 Å². The number of imidazole rings is 1. The van der Waals surface area contributed by atoms with E-state index >= 15 is 0 Å². The first-order valence-electron chi connectivity index (χ1n) is 4.41. The van der Waals surface area contributed by atoms with E-state index < -0.39 is 0 Å². The maximum atomic E-state index is 5.69. The van der Waals surface area contributed by atoms with Gasteiger partial charge in [-0.05, 0) is 25.5 Å². The summed E-state index contributed by atoms with van der Waals surface area (Å²) in [6.45, 7) is 3.90. The van der Waals surface area contributed by atoms with Crippen molar-refractivity contribution in [2.45, 2.75) is 13.8 Å². The molecular weight excluding hydrogens is 176 g/mol. The van der Waals surface area contributed by atoms with Gasteiger partial charge < -0.3 is 5.73 Å². The van der Waals surface area contributed by atoms with E-state index in [2.05, 4.69) is 9.97 Å². The summed E-state index contributed by atoms with van der Waals surface area (Å²) in [5, 5.41) is 0. The monoisotopic (exact) mass is 188 g/mol. The van der Waals surface area contributed by atoms with Crippen molar-refractivity contribution in [2.75, 3.05) is 5.73 Å². The van der Waals surface area contributed by atoms with Crippen LogP contribution in [0, 0.1) is 13.8 Å². The molecule has 0 atom stereocenters. The summed E-state index contributed by atoms with van der Waals surface area (Å²) in [6.07, 6.45) is 5.31. The average Bonchev–Trinajstić information content (AvgIpc) is 2.57. The number of anilines is 1. The Labute approximate surface area is 82.4 Å². The summed E-state index contributed by atoms with van der Waals surface area (Å²) in [5.41, 5.74) is 7.44. The van der Waals surface area contributed by atoms with E-state index in [0.29, 0.717) is 5.69 Å². The number of hydrogen-bond acceptors (Lipinski definition) is 3. The molecule has 72 valence electrons. The largest absolute Gasteiger partial charge is 0.397 e. The van der Waals surface area contributed by atoms with E-state index in [1.807, 2.05) is 30.7 Å². The van der Waals surface area contributed by atoms with Crippen molar-refractivity contribution >= 4 is 5.69 Å². The third-order valence-corrected chi connectivity index (χ3v) is 2.21. The maximum absolute atomic E-state index is 5.69. The van der Waals surface area contributed by atoms with Crippen LogP contribution in [0.15, 0.2) is 24.7 Å². The van der Waals surface area contributed by atoms with Gasteiger partial charge in [-0.1, -0.05) is 0 Å². The molecule has 4 heteroatoms. The molecule has 2 N–H and O–H groups in total. The fourth-order valence-electron chi connectivity index (χ4n) is 1.30. The van der Waals surface area contributed by atoms with Crippen LogP contribution in [0.3, 0.4) is 0 Å². The third kappa shape index (κ3) is 1.35. The number of nitrogens with zero attached hydrogens (tertiary/aromatic N) is 3. The number of aromatic nitrogens is 3. The Morgan fingerprint density at radius 2 is 2.07 bits per heavy atom. The maximum Gasteiger partial charge on any atom is 0.138 e. The van der Waals surface area contributed by atoms with Crippen molar-refractivity contribution in [3.8, 4) is 5.82 Å². The summed E-state index contributed by atoms with van der Waals surface area (Å²) in [5.74, 6) is 1.77. The molecule has 14 heavy (non-hydrogen) atoms. The van der Waals surface area contributed by atoms with Crippen LogP contribution in [-0.2, 0) is 0 Å². The minimum Gasteiger partial charge on any atom is -0.397 e. The molecule has 0 aliphatic rings. The first kappa shape index (κ1) is 8.74. The summed E-state index contributed by atoms with van der Waals surface area (Å²) >= 11 is 0. The predicted octanol–water partition coefficient (Wildman–Crippen LogP) is 1.47. The molecule has 2 aromatic heterocycles. The SMILES string of the molecule is Cc1cc(-n2ccnc2C)ncc1N. The zero-order valence-electron chi connectivity index (χ0n) is 8.23. The third-order valence-electron chi connectivity index (χ3n) is 2.21. The molecule has 0 saturated carbocycles. The van der Waals surface area contributed by atoms with Gasteiger partial charge in [0.2, 0.25) is 0 Å². The number of aryl methyl sites for hydroxylation is 2. The fourth-order valence-corrected chi connectivity index (χ4v) is 1.30. The molecule has 0 aliphatic heterocycles. The molecule has 0 aliphatic carbocycles. The van der Waals surface area contributed by atoms with Crippen molar-refractivity contribution in [3.63, 3.8) is 0 Å². The highest BCUT2D eigenvalue weighted by atomic mass is 15.1. The second kappa shape index (κ2) is 3.14. The van der Waals surface area contributed by atoms with Gasteiger partial charge in [-0.3, -0.25) is 4.57 Å². The van der Waals surface area contributed by atoms with Crippen molar-refractivity contribution in [1.82, 2.24) is 14.5 Å². The smallest absolute Gasteiger partial charge is 0.138 e. The van der Waals surface area contributed by atoms with Gasteiger partial charge >= 0.3 is 0 Å². The molecule has 0 aromatic carbocycles. The summed E-state index contributed by atoms with van der Waals surface area (Å²) < 4.78 is 1.92. The molecule has 4 nitrogen and oxygen atoms in total. The zero-order valence-corrected chi connectivity index (χ0v) is 8.23. The quantitative estimate of drug-likeness (QED) is 0.737. The highest BCUT2D eigenvalue weighted by Gasteiger charge is 2.02. The Kier molecular flexibility index (Phi) is 1.96. The van der Waals surface area contributed by atoms with Crippen LogP contribution in [-0.4, -0.2) is 14.5 Å². The van der Waals surface area contributed by atoms with Crippen LogP contribution in [0.25, 0.3) is 5.82 Å². The summed E-state index contributed by atoms with van der Waals surface area (Å²) in [4.78, 5) is 8.38. The average molecular weight is 188 g/mol. The van der Waals surface area contributed by atoms with Crippen LogP contribution >= 0.6 is 0 Å². The van der Waals surface area contributed by atoms with Crippen LogP contribution in [0.1, 0.15) is 11.4 Å². The van der Waals surface area contributed by atoms with E-state index in [0.717, 1.165) is 17.2 Å². The number of nitrogens with two attached hydrogens (primary N) is 1. The molecule has 0 radical (unpaired) electrons. The van der Waals surface area contributed by atoms with Crippen molar-refractivity contribution in [1.29, 1.82) is 0 Å². The number of rotatable bonds is 1. The van der Waals surface area contributed by atoms with Gasteiger partial charge in [0.25, 0.3) is 0 Å². The molecule has 0 unspecified atom stereocenters. The molecule has 0 bridgehead atoms. The van der Waals surface area contributed by atoms with Crippen molar-refractivity contribution < 1.29 is 0 Å². The Bertz CT molecular complexity index is 459.